The lowest BCUT2D eigenvalue weighted by Crippen LogP contribution is -2.17. The Balaban J connectivity index is 1.88. The van der Waals surface area contributed by atoms with Crippen molar-refractivity contribution in [2.45, 2.75) is 0 Å². The maximum atomic E-state index is 13.3. The number of oxime groups is 1. The fraction of sp³-hybridized carbons (Fsp3) is 0. The zero-order valence-corrected chi connectivity index (χ0v) is 11.9. The number of nitrogens with zero attached hydrogens (tertiary/aromatic N) is 4. The number of benzene rings is 1. The molecule has 0 radical (unpaired) electrons. The van der Waals surface area contributed by atoms with Crippen molar-refractivity contribution in [3.63, 3.8) is 0 Å². The second-order valence-electron chi connectivity index (χ2n) is 4.56. The summed E-state index contributed by atoms with van der Waals surface area (Å²) in [6, 6.07) is 4.91. The van der Waals surface area contributed by atoms with Gasteiger partial charge in [-0.15, -0.1) is 5.10 Å². The van der Waals surface area contributed by atoms with E-state index in [2.05, 4.69) is 25.7 Å². The summed E-state index contributed by atoms with van der Waals surface area (Å²) in [6.07, 6.45) is 2.72. The average molecular weight is 332 g/mol. The summed E-state index contributed by atoms with van der Waals surface area (Å²) in [6.45, 7) is 0. The van der Waals surface area contributed by atoms with Crippen molar-refractivity contribution in [1.82, 2.24) is 15.2 Å². The molecule has 0 aliphatic heterocycles. The Labute approximate surface area is 133 Å². The predicted octanol–water partition coefficient (Wildman–Crippen LogP) is 2.25. The number of oxazole rings is 1. The van der Waals surface area contributed by atoms with Crippen LogP contribution in [0, 0.1) is 11.6 Å². The molecule has 0 bridgehead atoms. The summed E-state index contributed by atoms with van der Waals surface area (Å²) in [7, 11) is 0. The van der Waals surface area contributed by atoms with Crippen LogP contribution in [0.2, 0.25) is 0 Å². The highest BCUT2D eigenvalue weighted by molar-refractivity contribution is 6.00. The largest absolute Gasteiger partial charge is 0.423 e. The molecule has 1 aromatic carbocycles. The highest BCUT2D eigenvalue weighted by Gasteiger charge is 2.13. The molecule has 4 N–H and O–H groups in total. The molecule has 0 aliphatic rings. The average Bonchev–Trinajstić information content (AvgIpc) is 3.05. The van der Waals surface area contributed by atoms with Crippen LogP contribution in [-0.2, 0) is 0 Å². The van der Waals surface area contributed by atoms with Crippen LogP contribution in [0.15, 0.2) is 46.2 Å². The molecule has 0 spiro atoms. The van der Waals surface area contributed by atoms with Crippen molar-refractivity contribution < 1.29 is 18.4 Å². The SMILES string of the molecule is NC(=NO)c1nnccc1Nc1ncc(-c2ccc(F)c(F)c2)o1. The Bertz CT molecular complexity index is 912. The maximum absolute atomic E-state index is 13.3. The summed E-state index contributed by atoms with van der Waals surface area (Å²) in [4.78, 5) is 3.98. The molecule has 0 fully saturated rings. The van der Waals surface area contributed by atoms with Gasteiger partial charge in [-0.05, 0) is 24.3 Å². The van der Waals surface area contributed by atoms with Crippen LogP contribution in [0.1, 0.15) is 5.69 Å². The first-order valence-electron chi connectivity index (χ1n) is 6.56. The third-order valence-electron chi connectivity index (χ3n) is 3.02. The van der Waals surface area contributed by atoms with Gasteiger partial charge in [0.1, 0.15) is 0 Å². The fourth-order valence-electron chi connectivity index (χ4n) is 1.90. The smallest absolute Gasteiger partial charge is 0.299 e. The van der Waals surface area contributed by atoms with Gasteiger partial charge in [0.15, 0.2) is 28.9 Å². The lowest BCUT2D eigenvalue weighted by Gasteiger charge is -2.05. The van der Waals surface area contributed by atoms with Gasteiger partial charge in [0.25, 0.3) is 6.01 Å². The molecule has 8 nitrogen and oxygen atoms in total. The molecule has 122 valence electrons. The number of anilines is 2. The second-order valence-corrected chi connectivity index (χ2v) is 4.56. The molecule has 3 aromatic rings. The molecule has 2 heterocycles. The third-order valence-corrected chi connectivity index (χ3v) is 3.02. The summed E-state index contributed by atoms with van der Waals surface area (Å²) in [5, 5.41) is 21.8. The van der Waals surface area contributed by atoms with Crippen LogP contribution in [0.5, 0.6) is 0 Å². The Morgan fingerprint density at radius 3 is 2.83 bits per heavy atom. The number of hydrogen-bond acceptors (Lipinski definition) is 7. The van der Waals surface area contributed by atoms with E-state index >= 15 is 0 Å². The zero-order valence-electron chi connectivity index (χ0n) is 11.9. The number of aromatic nitrogens is 3. The van der Waals surface area contributed by atoms with Crippen molar-refractivity contribution in [3.8, 4) is 11.3 Å². The molecule has 0 saturated heterocycles. The van der Waals surface area contributed by atoms with Crippen LogP contribution < -0.4 is 11.1 Å². The molecule has 2 aromatic heterocycles. The van der Waals surface area contributed by atoms with Gasteiger partial charge in [0, 0.05) is 5.56 Å². The minimum atomic E-state index is -0.994. The first-order chi connectivity index (χ1) is 11.6. The number of hydrogen-bond donors (Lipinski definition) is 3. The van der Waals surface area contributed by atoms with E-state index in [1.165, 1.54) is 24.5 Å². The zero-order chi connectivity index (χ0) is 17.1. The highest BCUT2D eigenvalue weighted by atomic mass is 19.2. The predicted molar refractivity (Wildman–Crippen MR) is 79.7 cm³/mol. The van der Waals surface area contributed by atoms with Crippen LogP contribution in [-0.4, -0.2) is 26.2 Å². The molecule has 0 aliphatic carbocycles. The minimum Gasteiger partial charge on any atom is -0.423 e. The van der Waals surface area contributed by atoms with Crippen molar-refractivity contribution in [3.05, 3.63) is 54.0 Å². The van der Waals surface area contributed by atoms with Crippen molar-refractivity contribution >= 4 is 17.5 Å². The molecule has 0 amide bonds. The monoisotopic (exact) mass is 332 g/mol. The Hall–Kier alpha value is -3.56. The van der Waals surface area contributed by atoms with E-state index in [-0.39, 0.29) is 23.3 Å². The van der Waals surface area contributed by atoms with Crippen molar-refractivity contribution in [1.29, 1.82) is 0 Å². The Kier molecular flexibility index (Phi) is 4.01. The van der Waals surface area contributed by atoms with E-state index in [0.29, 0.717) is 11.3 Å². The summed E-state index contributed by atoms with van der Waals surface area (Å²) >= 11 is 0. The molecule has 0 atom stereocenters. The van der Waals surface area contributed by atoms with Gasteiger partial charge in [-0.2, -0.15) is 5.10 Å². The van der Waals surface area contributed by atoms with Gasteiger partial charge >= 0.3 is 0 Å². The second kappa shape index (κ2) is 6.28. The van der Waals surface area contributed by atoms with Gasteiger partial charge in [-0.3, -0.25) is 0 Å². The number of rotatable bonds is 4. The van der Waals surface area contributed by atoms with Crippen molar-refractivity contribution in [2.75, 3.05) is 5.32 Å². The van der Waals surface area contributed by atoms with E-state index < -0.39 is 11.6 Å². The number of nitrogens with one attached hydrogen (secondary N) is 1. The molecule has 3 rings (SSSR count). The van der Waals surface area contributed by atoms with Gasteiger partial charge in [-0.1, -0.05) is 5.16 Å². The molecular formula is C14H10F2N6O2. The summed E-state index contributed by atoms with van der Waals surface area (Å²) in [5.74, 6) is -1.98. The fourth-order valence-corrected chi connectivity index (χ4v) is 1.90. The molecule has 10 heteroatoms. The van der Waals surface area contributed by atoms with E-state index in [1.54, 1.807) is 0 Å². The Morgan fingerprint density at radius 2 is 2.08 bits per heavy atom. The third kappa shape index (κ3) is 2.97. The molecule has 0 saturated carbocycles. The van der Waals surface area contributed by atoms with Gasteiger partial charge in [0.05, 0.1) is 18.1 Å². The lowest BCUT2D eigenvalue weighted by atomic mass is 10.2. The van der Waals surface area contributed by atoms with Crippen LogP contribution in [0.25, 0.3) is 11.3 Å². The lowest BCUT2D eigenvalue weighted by molar-refractivity contribution is 0.318. The molecular weight excluding hydrogens is 322 g/mol. The van der Waals surface area contributed by atoms with Gasteiger partial charge in [0.2, 0.25) is 0 Å². The first-order valence-corrected chi connectivity index (χ1v) is 6.56. The van der Waals surface area contributed by atoms with E-state index in [0.717, 1.165) is 12.1 Å². The van der Waals surface area contributed by atoms with E-state index in [9.17, 15) is 8.78 Å². The van der Waals surface area contributed by atoms with Crippen LogP contribution >= 0.6 is 0 Å². The van der Waals surface area contributed by atoms with Gasteiger partial charge < -0.3 is 20.7 Å². The number of amidine groups is 1. The van der Waals surface area contributed by atoms with Gasteiger partial charge in [-0.25, -0.2) is 13.8 Å². The van der Waals surface area contributed by atoms with Crippen molar-refractivity contribution in [2.24, 2.45) is 10.9 Å². The number of halogens is 2. The quantitative estimate of drug-likeness (QED) is 0.290. The Morgan fingerprint density at radius 1 is 1.25 bits per heavy atom. The van der Waals surface area contributed by atoms with E-state index in [4.69, 9.17) is 15.4 Å². The first kappa shape index (κ1) is 15.3. The highest BCUT2D eigenvalue weighted by Crippen LogP contribution is 2.26. The topological polar surface area (TPSA) is 122 Å². The molecule has 24 heavy (non-hydrogen) atoms. The van der Waals surface area contributed by atoms with Crippen LogP contribution in [0.3, 0.4) is 0 Å². The standard InChI is InChI=1S/C14H10F2N6O2/c15-8-2-1-7(5-9(8)16)11-6-18-14(24-11)20-10-3-4-19-21-12(10)13(17)22-23/h1-6,23H,(H2,17,22)(H,18,19,20). The van der Waals surface area contributed by atoms with E-state index in [1.807, 2.05) is 0 Å². The summed E-state index contributed by atoms with van der Waals surface area (Å²) < 4.78 is 31.7. The normalized spacial score (nSPS) is 11.5. The number of nitrogens with two attached hydrogens (primary N) is 1. The molecule has 0 unspecified atom stereocenters. The minimum absolute atomic E-state index is 0.0507. The summed E-state index contributed by atoms with van der Waals surface area (Å²) in [5.41, 5.74) is 6.25. The maximum Gasteiger partial charge on any atom is 0.299 e. The van der Waals surface area contributed by atoms with Crippen LogP contribution in [0.4, 0.5) is 20.5 Å².